The third-order valence-electron chi connectivity index (χ3n) is 5.31. The van der Waals surface area contributed by atoms with Gasteiger partial charge in [0.25, 0.3) is 11.8 Å². The van der Waals surface area contributed by atoms with Crippen molar-refractivity contribution < 1.29 is 9.59 Å². The number of imide groups is 1. The summed E-state index contributed by atoms with van der Waals surface area (Å²) in [6, 6.07) is 19.7. The highest BCUT2D eigenvalue weighted by Gasteiger charge is 2.34. The molecule has 2 aromatic rings. The van der Waals surface area contributed by atoms with Crippen molar-refractivity contribution in [3.05, 3.63) is 83.6 Å². The summed E-state index contributed by atoms with van der Waals surface area (Å²) >= 11 is 0. The van der Waals surface area contributed by atoms with Gasteiger partial charge in [0, 0.05) is 25.7 Å². The zero-order valence-electron chi connectivity index (χ0n) is 17.3. The quantitative estimate of drug-likeness (QED) is 0.583. The highest BCUT2D eigenvalue weighted by atomic mass is 16.2. The second-order valence-electron chi connectivity index (χ2n) is 7.18. The standard InChI is InChI=1S/C24H29N3O2/c1-3-25(4-2)15-16-26(18-20-11-7-5-8-12-20)22-17-23(28)27(24(22)29)19-21-13-9-6-10-14-21/h5-14,17H,3-4,15-16,18-19H2,1-2H3. The summed E-state index contributed by atoms with van der Waals surface area (Å²) in [7, 11) is 0. The normalized spacial score (nSPS) is 13.9. The van der Waals surface area contributed by atoms with Gasteiger partial charge in [-0.1, -0.05) is 74.5 Å². The van der Waals surface area contributed by atoms with E-state index < -0.39 is 0 Å². The fourth-order valence-corrected chi connectivity index (χ4v) is 3.53. The Morgan fingerprint density at radius 2 is 1.38 bits per heavy atom. The van der Waals surface area contributed by atoms with E-state index in [0.717, 1.165) is 30.8 Å². The van der Waals surface area contributed by atoms with Crippen LogP contribution in [-0.2, 0) is 22.7 Å². The average Bonchev–Trinajstić information content (AvgIpc) is 3.03. The molecule has 152 valence electrons. The molecule has 29 heavy (non-hydrogen) atoms. The van der Waals surface area contributed by atoms with E-state index in [1.54, 1.807) is 0 Å². The topological polar surface area (TPSA) is 43.9 Å². The van der Waals surface area contributed by atoms with Crippen LogP contribution in [0.5, 0.6) is 0 Å². The lowest BCUT2D eigenvalue weighted by atomic mass is 10.2. The first-order valence-electron chi connectivity index (χ1n) is 10.2. The minimum Gasteiger partial charge on any atom is -0.361 e. The number of carbonyl (C=O) groups excluding carboxylic acids is 2. The minimum absolute atomic E-state index is 0.214. The second kappa shape index (κ2) is 10.0. The first-order chi connectivity index (χ1) is 14.1. The van der Waals surface area contributed by atoms with Gasteiger partial charge in [0.15, 0.2) is 0 Å². The Morgan fingerprint density at radius 1 is 0.793 bits per heavy atom. The van der Waals surface area contributed by atoms with E-state index in [2.05, 4.69) is 18.7 Å². The summed E-state index contributed by atoms with van der Waals surface area (Å²) in [5, 5.41) is 0. The molecule has 1 aliphatic rings. The smallest absolute Gasteiger partial charge is 0.277 e. The fraction of sp³-hybridized carbons (Fsp3) is 0.333. The Kier molecular flexibility index (Phi) is 7.19. The van der Waals surface area contributed by atoms with Gasteiger partial charge in [0.05, 0.1) is 6.54 Å². The van der Waals surface area contributed by atoms with Gasteiger partial charge in [0.1, 0.15) is 5.70 Å². The van der Waals surface area contributed by atoms with Crippen LogP contribution in [0.4, 0.5) is 0 Å². The number of likely N-dealkylation sites (N-methyl/N-ethyl adjacent to an activating group) is 1. The third-order valence-corrected chi connectivity index (χ3v) is 5.31. The van der Waals surface area contributed by atoms with Crippen molar-refractivity contribution in [2.45, 2.75) is 26.9 Å². The molecule has 1 aliphatic heterocycles. The molecule has 0 atom stereocenters. The van der Waals surface area contributed by atoms with Gasteiger partial charge in [-0.25, -0.2) is 0 Å². The SMILES string of the molecule is CCN(CC)CCN(Cc1ccccc1)C1=CC(=O)N(Cc2ccccc2)C1=O. The van der Waals surface area contributed by atoms with Gasteiger partial charge >= 0.3 is 0 Å². The van der Waals surface area contributed by atoms with E-state index in [1.807, 2.05) is 65.6 Å². The van der Waals surface area contributed by atoms with Crippen LogP contribution in [0.3, 0.4) is 0 Å². The van der Waals surface area contributed by atoms with Gasteiger partial charge < -0.3 is 9.80 Å². The second-order valence-corrected chi connectivity index (χ2v) is 7.18. The van der Waals surface area contributed by atoms with Crippen molar-refractivity contribution in [1.29, 1.82) is 0 Å². The highest BCUT2D eigenvalue weighted by molar-refractivity contribution is 6.15. The van der Waals surface area contributed by atoms with E-state index in [4.69, 9.17) is 0 Å². The molecule has 5 heteroatoms. The zero-order chi connectivity index (χ0) is 20.6. The first kappa shape index (κ1) is 20.8. The first-order valence-corrected chi connectivity index (χ1v) is 10.2. The fourth-order valence-electron chi connectivity index (χ4n) is 3.53. The molecule has 0 bridgehead atoms. The molecule has 0 fully saturated rings. The predicted molar refractivity (Wildman–Crippen MR) is 115 cm³/mol. The van der Waals surface area contributed by atoms with E-state index in [9.17, 15) is 9.59 Å². The van der Waals surface area contributed by atoms with Crippen molar-refractivity contribution in [1.82, 2.24) is 14.7 Å². The number of amides is 2. The van der Waals surface area contributed by atoms with Crippen LogP contribution in [0, 0.1) is 0 Å². The lowest BCUT2D eigenvalue weighted by molar-refractivity contribution is -0.138. The van der Waals surface area contributed by atoms with Crippen molar-refractivity contribution >= 4 is 11.8 Å². The molecule has 1 heterocycles. The van der Waals surface area contributed by atoms with Gasteiger partial charge in [-0.15, -0.1) is 0 Å². The lowest BCUT2D eigenvalue weighted by Crippen LogP contribution is -2.38. The summed E-state index contributed by atoms with van der Waals surface area (Å²) in [5.41, 5.74) is 2.55. The van der Waals surface area contributed by atoms with Gasteiger partial charge in [-0.2, -0.15) is 0 Å². The summed E-state index contributed by atoms with van der Waals surface area (Å²) in [5.74, 6) is -0.455. The summed E-state index contributed by atoms with van der Waals surface area (Å²) in [6.07, 6.45) is 1.50. The Morgan fingerprint density at radius 3 is 1.97 bits per heavy atom. The molecule has 0 radical (unpaired) electrons. The molecular formula is C24H29N3O2. The van der Waals surface area contributed by atoms with Crippen LogP contribution in [0.15, 0.2) is 72.4 Å². The zero-order valence-corrected chi connectivity index (χ0v) is 17.3. The van der Waals surface area contributed by atoms with Crippen molar-refractivity contribution in [2.24, 2.45) is 0 Å². The molecule has 2 amide bonds. The van der Waals surface area contributed by atoms with Crippen LogP contribution in [0.1, 0.15) is 25.0 Å². The van der Waals surface area contributed by atoms with Crippen LogP contribution in [0.25, 0.3) is 0 Å². The molecule has 5 nitrogen and oxygen atoms in total. The summed E-state index contributed by atoms with van der Waals surface area (Å²) in [4.78, 5) is 31.4. The summed E-state index contributed by atoms with van der Waals surface area (Å²) < 4.78 is 0. The minimum atomic E-state index is -0.241. The maximum Gasteiger partial charge on any atom is 0.277 e. The summed E-state index contributed by atoms with van der Waals surface area (Å²) in [6.45, 7) is 8.63. The van der Waals surface area contributed by atoms with Crippen molar-refractivity contribution in [2.75, 3.05) is 26.2 Å². The Bertz CT molecular complexity index is 845. The van der Waals surface area contributed by atoms with E-state index in [0.29, 0.717) is 25.3 Å². The Labute approximate surface area is 173 Å². The van der Waals surface area contributed by atoms with Crippen molar-refractivity contribution in [3.63, 3.8) is 0 Å². The van der Waals surface area contributed by atoms with Gasteiger partial charge in [-0.3, -0.25) is 14.5 Å². The van der Waals surface area contributed by atoms with Crippen LogP contribution < -0.4 is 0 Å². The largest absolute Gasteiger partial charge is 0.361 e. The Hall–Kier alpha value is -2.92. The highest BCUT2D eigenvalue weighted by Crippen LogP contribution is 2.21. The number of hydrogen-bond acceptors (Lipinski definition) is 4. The monoisotopic (exact) mass is 391 g/mol. The lowest BCUT2D eigenvalue weighted by Gasteiger charge is -2.29. The number of nitrogens with zero attached hydrogens (tertiary/aromatic N) is 3. The number of rotatable bonds is 10. The molecule has 0 saturated heterocycles. The average molecular weight is 392 g/mol. The molecule has 2 aromatic carbocycles. The number of carbonyl (C=O) groups is 2. The van der Waals surface area contributed by atoms with Crippen LogP contribution in [0.2, 0.25) is 0 Å². The van der Waals surface area contributed by atoms with Gasteiger partial charge in [-0.05, 0) is 24.2 Å². The maximum atomic E-state index is 13.1. The molecule has 0 unspecified atom stereocenters. The maximum absolute atomic E-state index is 13.1. The third kappa shape index (κ3) is 5.33. The Balaban J connectivity index is 1.77. The van der Waals surface area contributed by atoms with Crippen LogP contribution in [-0.4, -0.2) is 52.7 Å². The van der Waals surface area contributed by atoms with E-state index in [1.165, 1.54) is 11.0 Å². The molecule has 0 aromatic heterocycles. The van der Waals surface area contributed by atoms with Crippen LogP contribution >= 0.6 is 0 Å². The van der Waals surface area contributed by atoms with E-state index in [-0.39, 0.29) is 11.8 Å². The number of benzene rings is 2. The molecule has 0 spiro atoms. The van der Waals surface area contributed by atoms with Gasteiger partial charge in [0.2, 0.25) is 0 Å². The molecule has 0 N–H and O–H groups in total. The van der Waals surface area contributed by atoms with E-state index >= 15 is 0 Å². The van der Waals surface area contributed by atoms with Crippen molar-refractivity contribution in [3.8, 4) is 0 Å². The predicted octanol–water partition coefficient (Wildman–Crippen LogP) is 3.28. The molecule has 0 aliphatic carbocycles. The number of hydrogen-bond donors (Lipinski definition) is 0. The molecule has 0 saturated carbocycles. The molecule has 3 rings (SSSR count). The molecular weight excluding hydrogens is 362 g/mol.